The smallest absolute Gasteiger partial charge is 0.271 e. The zero-order valence-corrected chi connectivity index (χ0v) is 16.2. The van der Waals surface area contributed by atoms with Gasteiger partial charge in [0.15, 0.2) is 0 Å². The molecule has 0 aliphatic rings. The van der Waals surface area contributed by atoms with Gasteiger partial charge in [-0.25, -0.2) is 5.43 Å². The van der Waals surface area contributed by atoms with E-state index in [-0.39, 0.29) is 11.8 Å². The van der Waals surface area contributed by atoms with E-state index < -0.39 is 0 Å². The fraction of sp³-hybridized carbons (Fsp3) is 0.0870. The maximum atomic E-state index is 12.3. The van der Waals surface area contributed by atoms with Gasteiger partial charge < -0.3 is 10.1 Å². The van der Waals surface area contributed by atoms with Crippen molar-refractivity contribution < 1.29 is 14.3 Å². The molecule has 0 heterocycles. The first-order valence-corrected chi connectivity index (χ1v) is 9.01. The second kappa shape index (κ2) is 9.32. The largest absolute Gasteiger partial charge is 0.497 e. The Hall–Kier alpha value is -3.93. The number of hydrazone groups is 1. The third-order valence-corrected chi connectivity index (χ3v) is 4.17. The van der Waals surface area contributed by atoms with Crippen molar-refractivity contribution in [2.45, 2.75) is 6.92 Å². The zero-order chi connectivity index (χ0) is 20.6. The molecule has 0 saturated carbocycles. The van der Waals surface area contributed by atoms with Crippen LogP contribution in [0.15, 0.2) is 77.9 Å². The number of carbonyl (C=O) groups is 2. The van der Waals surface area contributed by atoms with Crippen LogP contribution in [0.2, 0.25) is 0 Å². The highest BCUT2D eigenvalue weighted by Gasteiger charge is 2.09. The molecule has 146 valence electrons. The van der Waals surface area contributed by atoms with Crippen LogP contribution in [0.1, 0.15) is 31.8 Å². The highest BCUT2D eigenvalue weighted by atomic mass is 16.5. The van der Waals surface area contributed by atoms with Crippen molar-refractivity contribution in [2.24, 2.45) is 5.10 Å². The molecule has 0 atom stereocenters. The van der Waals surface area contributed by atoms with Crippen LogP contribution in [0.25, 0.3) is 0 Å². The predicted molar refractivity (Wildman–Crippen MR) is 114 cm³/mol. The summed E-state index contributed by atoms with van der Waals surface area (Å²) in [5.74, 6) is 0.0893. The first-order valence-electron chi connectivity index (χ1n) is 9.01. The third kappa shape index (κ3) is 5.52. The number of ether oxygens (including phenoxy) is 1. The normalized spacial score (nSPS) is 10.6. The van der Waals surface area contributed by atoms with Gasteiger partial charge in [-0.2, -0.15) is 5.10 Å². The molecular weight excluding hydrogens is 366 g/mol. The fourth-order valence-corrected chi connectivity index (χ4v) is 2.60. The Balaban J connectivity index is 1.63. The molecule has 2 N–H and O–H groups in total. The summed E-state index contributed by atoms with van der Waals surface area (Å²) in [6, 6.07) is 21.3. The topological polar surface area (TPSA) is 79.8 Å². The van der Waals surface area contributed by atoms with Gasteiger partial charge in [-0.05, 0) is 55.0 Å². The summed E-state index contributed by atoms with van der Waals surface area (Å²) in [6.45, 7) is 1.96. The van der Waals surface area contributed by atoms with E-state index >= 15 is 0 Å². The number of carbonyl (C=O) groups excluding carboxylic acids is 2. The lowest BCUT2D eigenvalue weighted by Gasteiger charge is -2.07. The van der Waals surface area contributed by atoms with Crippen molar-refractivity contribution in [2.75, 3.05) is 12.4 Å². The van der Waals surface area contributed by atoms with E-state index in [1.54, 1.807) is 49.6 Å². The summed E-state index contributed by atoms with van der Waals surface area (Å²) in [4.78, 5) is 24.7. The molecule has 6 nitrogen and oxygen atoms in total. The lowest BCUT2D eigenvalue weighted by Crippen LogP contribution is -2.18. The van der Waals surface area contributed by atoms with E-state index in [0.29, 0.717) is 22.6 Å². The fourth-order valence-electron chi connectivity index (χ4n) is 2.60. The number of anilines is 1. The first-order chi connectivity index (χ1) is 14.0. The van der Waals surface area contributed by atoms with Gasteiger partial charge in [0.05, 0.1) is 13.3 Å². The van der Waals surface area contributed by atoms with Gasteiger partial charge in [-0.3, -0.25) is 9.59 Å². The predicted octanol–water partition coefficient (Wildman–Crippen LogP) is 4.02. The van der Waals surface area contributed by atoms with Crippen LogP contribution >= 0.6 is 0 Å². The van der Waals surface area contributed by atoms with E-state index in [4.69, 9.17) is 4.74 Å². The van der Waals surface area contributed by atoms with E-state index in [1.807, 2.05) is 37.3 Å². The maximum absolute atomic E-state index is 12.3. The molecular formula is C23H21N3O3. The number of amides is 2. The van der Waals surface area contributed by atoms with E-state index in [1.165, 1.54) is 6.21 Å². The molecule has 6 heteroatoms. The van der Waals surface area contributed by atoms with Crippen molar-refractivity contribution in [3.05, 3.63) is 95.1 Å². The van der Waals surface area contributed by atoms with Gasteiger partial charge in [0.2, 0.25) is 0 Å². The molecule has 3 aromatic carbocycles. The number of hydrogen-bond acceptors (Lipinski definition) is 4. The lowest BCUT2D eigenvalue weighted by molar-refractivity contribution is 0.0953. The second-order valence-corrected chi connectivity index (χ2v) is 6.38. The minimum absolute atomic E-state index is 0.237. The van der Waals surface area contributed by atoms with Gasteiger partial charge in [-0.15, -0.1) is 0 Å². The van der Waals surface area contributed by atoms with Crippen molar-refractivity contribution in [3.8, 4) is 5.75 Å². The molecule has 3 aromatic rings. The molecule has 0 radical (unpaired) electrons. The van der Waals surface area contributed by atoms with E-state index in [2.05, 4.69) is 15.8 Å². The SMILES string of the molecule is COc1cccc(C=NNC(=O)c2cccc(NC(=O)c3ccc(C)cc3)c2)c1. The molecule has 3 rings (SSSR count). The van der Waals surface area contributed by atoms with Gasteiger partial charge in [-0.1, -0.05) is 35.9 Å². The van der Waals surface area contributed by atoms with Gasteiger partial charge in [0, 0.05) is 16.8 Å². The molecule has 0 bridgehead atoms. The first kappa shape index (κ1) is 19.8. The van der Waals surface area contributed by atoms with Crippen LogP contribution in [-0.4, -0.2) is 25.1 Å². The highest BCUT2D eigenvalue weighted by molar-refractivity contribution is 6.05. The average molecular weight is 387 g/mol. The minimum atomic E-state index is -0.379. The number of benzene rings is 3. The highest BCUT2D eigenvalue weighted by Crippen LogP contribution is 2.13. The molecule has 0 spiro atoms. The quantitative estimate of drug-likeness (QED) is 0.495. The van der Waals surface area contributed by atoms with E-state index in [9.17, 15) is 9.59 Å². The number of nitrogens with zero attached hydrogens (tertiary/aromatic N) is 1. The molecule has 29 heavy (non-hydrogen) atoms. The molecule has 0 unspecified atom stereocenters. The number of methoxy groups -OCH3 is 1. The summed E-state index contributed by atoms with van der Waals surface area (Å²) in [6.07, 6.45) is 1.53. The Morgan fingerprint density at radius 1 is 0.897 bits per heavy atom. The van der Waals surface area contributed by atoms with Crippen LogP contribution in [0.3, 0.4) is 0 Å². The Kier molecular flexibility index (Phi) is 6.37. The van der Waals surface area contributed by atoms with Gasteiger partial charge in [0.1, 0.15) is 5.75 Å². The van der Waals surface area contributed by atoms with Crippen molar-refractivity contribution in [1.82, 2.24) is 5.43 Å². The third-order valence-electron chi connectivity index (χ3n) is 4.17. The Morgan fingerprint density at radius 2 is 1.66 bits per heavy atom. The van der Waals surface area contributed by atoms with Crippen molar-refractivity contribution >= 4 is 23.7 Å². The Labute approximate surface area is 169 Å². The maximum Gasteiger partial charge on any atom is 0.271 e. The summed E-state index contributed by atoms with van der Waals surface area (Å²) < 4.78 is 5.15. The van der Waals surface area contributed by atoms with Crippen molar-refractivity contribution in [1.29, 1.82) is 0 Å². The van der Waals surface area contributed by atoms with Crippen LogP contribution in [0.5, 0.6) is 5.75 Å². The Bertz CT molecular complexity index is 1040. The molecule has 2 amide bonds. The average Bonchev–Trinajstić information content (AvgIpc) is 2.74. The van der Waals surface area contributed by atoms with Gasteiger partial charge in [0.25, 0.3) is 11.8 Å². The Morgan fingerprint density at radius 3 is 2.41 bits per heavy atom. The summed E-state index contributed by atoms with van der Waals surface area (Å²) >= 11 is 0. The minimum Gasteiger partial charge on any atom is -0.497 e. The molecule has 0 aromatic heterocycles. The summed E-state index contributed by atoms with van der Waals surface area (Å²) in [5.41, 5.74) is 5.81. The molecule has 0 saturated heterocycles. The van der Waals surface area contributed by atoms with Gasteiger partial charge >= 0.3 is 0 Å². The molecule has 0 fully saturated rings. The zero-order valence-electron chi connectivity index (χ0n) is 16.2. The molecule has 0 aliphatic carbocycles. The van der Waals surface area contributed by atoms with Crippen LogP contribution in [-0.2, 0) is 0 Å². The number of hydrogen-bond donors (Lipinski definition) is 2. The van der Waals surface area contributed by atoms with Crippen molar-refractivity contribution in [3.63, 3.8) is 0 Å². The number of rotatable bonds is 6. The second-order valence-electron chi connectivity index (χ2n) is 6.38. The summed E-state index contributed by atoms with van der Waals surface area (Å²) in [7, 11) is 1.59. The van der Waals surface area contributed by atoms with E-state index in [0.717, 1.165) is 11.1 Å². The monoisotopic (exact) mass is 387 g/mol. The summed E-state index contributed by atoms with van der Waals surface area (Å²) in [5, 5.41) is 6.77. The number of aryl methyl sites for hydroxylation is 1. The molecule has 0 aliphatic heterocycles. The van der Waals surface area contributed by atoms with Crippen LogP contribution < -0.4 is 15.5 Å². The van der Waals surface area contributed by atoms with Crippen LogP contribution in [0.4, 0.5) is 5.69 Å². The number of nitrogens with one attached hydrogen (secondary N) is 2. The standard InChI is InChI=1S/C23H21N3O3/c1-16-9-11-18(12-10-16)22(27)25-20-7-4-6-19(14-20)23(28)26-24-15-17-5-3-8-21(13-17)29-2/h3-15H,1-2H3,(H,25,27)(H,26,28). The van der Waals surface area contributed by atoms with Crippen LogP contribution in [0, 0.1) is 6.92 Å². The lowest BCUT2D eigenvalue weighted by atomic mass is 10.1.